The van der Waals surface area contributed by atoms with Crippen LogP contribution in [0.2, 0.25) is 0 Å². The number of benzene rings is 2. The SMILES string of the molecule is CCC(=O)c1n[nH]c2cc(-c3cc(F)c(O)cc3CC)nc(NCc3ccccc3N(C)S(N)(=O)=O)c12. The maximum Gasteiger partial charge on any atom is 0.298 e. The molecule has 4 aromatic rings. The number of Topliss-reactive ketones (excluding diaryl/α,β-unsaturated/α-hetero) is 1. The second-order valence-electron chi connectivity index (χ2n) is 8.44. The van der Waals surface area contributed by atoms with E-state index in [9.17, 15) is 22.7 Å². The fourth-order valence-corrected chi connectivity index (χ4v) is 4.55. The van der Waals surface area contributed by atoms with Crippen molar-refractivity contribution in [2.24, 2.45) is 5.14 Å². The van der Waals surface area contributed by atoms with E-state index in [4.69, 9.17) is 10.1 Å². The fraction of sp³-hybridized carbons (Fsp3) is 0.240. The Hall–Kier alpha value is -4.03. The molecule has 0 saturated carbocycles. The number of phenolic OH excluding ortho intramolecular Hbond substituents is 1. The summed E-state index contributed by atoms with van der Waals surface area (Å²) in [5, 5.41) is 25.9. The van der Waals surface area contributed by atoms with Crippen LogP contribution in [-0.4, -0.2) is 41.5 Å². The molecule has 12 heteroatoms. The highest BCUT2D eigenvalue weighted by Gasteiger charge is 2.21. The molecule has 0 bridgehead atoms. The zero-order valence-corrected chi connectivity index (χ0v) is 21.4. The third kappa shape index (κ3) is 5.11. The summed E-state index contributed by atoms with van der Waals surface area (Å²) in [5.74, 6) is -1.12. The molecule has 0 unspecified atom stereocenters. The molecule has 0 atom stereocenters. The molecule has 4 rings (SSSR count). The number of nitrogens with two attached hydrogens (primary N) is 1. The Bertz CT molecular complexity index is 1600. The van der Waals surface area contributed by atoms with Crippen molar-refractivity contribution in [3.63, 3.8) is 0 Å². The van der Waals surface area contributed by atoms with Crippen molar-refractivity contribution >= 4 is 38.4 Å². The lowest BCUT2D eigenvalue weighted by Gasteiger charge is -2.20. The van der Waals surface area contributed by atoms with E-state index >= 15 is 0 Å². The summed E-state index contributed by atoms with van der Waals surface area (Å²) in [4.78, 5) is 17.3. The molecule has 0 aliphatic heterocycles. The molecule has 0 aliphatic carbocycles. The summed E-state index contributed by atoms with van der Waals surface area (Å²) >= 11 is 0. The van der Waals surface area contributed by atoms with Crippen molar-refractivity contribution in [3.05, 3.63) is 65.1 Å². The smallest absolute Gasteiger partial charge is 0.298 e. The van der Waals surface area contributed by atoms with Gasteiger partial charge in [0.05, 0.1) is 22.3 Å². The first kappa shape index (κ1) is 26.0. The van der Waals surface area contributed by atoms with Crippen molar-refractivity contribution in [2.75, 3.05) is 16.7 Å². The van der Waals surface area contributed by atoms with Crippen LogP contribution < -0.4 is 14.8 Å². The summed E-state index contributed by atoms with van der Waals surface area (Å²) in [7, 11) is -2.64. The van der Waals surface area contributed by atoms with Crippen molar-refractivity contribution in [3.8, 4) is 17.0 Å². The number of anilines is 2. The molecule has 0 fully saturated rings. The first-order chi connectivity index (χ1) is 17.5. The number of pyridine rings is 1. The molecule has 194 valence electrons. The number of carbonyl (C=O) groups is 1. The molecule has 37 heavy (non-hydrogen) atoms. The molecule has 2 heterocycles. The molecule has 0 radical (unpaired) electrons. The Balaban J connectivity index is 1.85. The number of halogens is 1. The minimum Gasteiger partial charge on any atom is -0.505 e. The zero-order valence-electron chi connectivity index (χ0n) is 20.5. The average Bonchev–Trinajstić information content (AvgIpc) is 3.31. The number of ketones is 1. The van der Waals surface area contributed by atoms with Crippen LogP contribution in [0, 0.1) is 5.82 Å². The number of aromatic hydroxyl groups is 1. The number of hydrogen-bond donors (Lipinski definition) is 4. The van der Waals surface area contributed by atoms with Crippen LogP contribution in [0.4, 0.5) is 15.9 Å². The Kier molecular flexibility index (Phi) is 7.14. The normalized spacial score (nSPS) is 11.6. The third-order valence-electron chi connectivity index (χ3n) is 6.12. The fourth-order valence-electron chi connectivity index (χ4n) is 4.10. The minimum atomic E-state index is -3.99. The van der Waals surface area contributed by atoms with Gasteiger partial charge in [-0.15, -0.1) is 0 Å². The van der Waals surface area contributed by atoms with Crippen molar-refractivity contribution in [1.82, 2.24) is 15.2 Å². The standard InChI is InChI=1S/C25H27FN6O4S/c1-4-14-10-22(34)17(26)11-16(14)18-12-19-23(24(31-30-19)21(33)5-2)25(29-18)28-13-15-8-6-7-9-20(15)32(3)37(27,35)36/h6-12,34H,4-5,13H2,1-3H3,(H,28,29)(H,30,31)(H2,27,35,36). The minimum absolute atomic E-state index is 0.136. The summed E-state index contributed by atoms with van der Waals surface area (Å²) in [6.07, 6.45) is 0.744. The number of nitrogens with zero attached hydrogens (tertiary/aromatic N) is 3. The van der Waals surface area contributed by atoms with Gasteiger partial charge in [0, 0.05) is 25.6 Å². The van der Waals surface area contributed by atoms with Gasteiger partial charge in [0.2, 0.25) is 0 Å². The number of fused-ring (bicyclic) bond motifs is 1. The topological polar surface area (TPSA) is 154 Å². The highest BCUT2D eigenvalue weighted by Crippen LogP contribution is 2.34. The van der Waals surface area contributed by atoms with Gasteiger partial charge in [-0.25, -0.2) is 14.5 Å². The van der Waals surface area contributed by atoms with E-state index < -0.39 is 21.8 Å². The molecule has 2 aromatic heterocycles. The Morgan fingerprint density at radius 3 is 2.59 bits per heavy atom. The van der Waals surface area contributed by atoms with Crippen molar-refractivity contribution < 1.29 is 22.7 Å². The summed E-state index contributed by atoms with van der Waals surface area (Å²) in [6.45, 7) is 3.74. The molecule has 0 saturated heterocycles. The predicted molar refractivity (Wildman–Crippen MR) is 140 cm³/mol. The van der Waals surface area contributed by atoms with Crippen LogP contribution in [0.15, 0.2) is 42.5 Å². The van der Waals surface area contributed by atoms with E-state index in [2.05, 4.69) is 15.5 Å². The number of aromatic amines is 1. The number of carbonyl (C=O) groups excluding carboxylic acids is 1. The molecule has 0 spiro atoms. The van der Waals surface area contributed by atoms with Gasteiger partial charge < -0.3 is 10.4 Å². The summed E-state index contributed by atoms with van der Waals surface area (Å²) in [5.41, 5.74) is 3.26. The quantitative estimate of drug-likeness (QED) is 0.241. The van der Waals surface area contributed by atoms with Crippen LogP contribution in [0.25, 0.3) is 22.2 Å². The van der Waals surface area contributed by atoms with E-state index in [-0.39, 0.29) is 24.4 Å². The van der Waals surface area contributed by atoms with Crippen LogP contribution in [0.5, 0.6) is 5.75 Å². The van der Waals surface area contributed by atoms with Gasteiger partial charge in [-0.2, -0.15) is 13.5 Å². The molecule has 0 amide bonds. The van der Waals surface area contributed by atoms with Gasteiger partial charge in [-0.1, -0.05) is 32.0 Å². The Morgan fingerprint density at radius 1 is 1.19 bits per heavy atom. The molecule has 10 nitrogen and oxygen atoms in total. The largest absolute Gasteiger partial charge is 0.505 e. The average molecular weight is 527 g/mol. The third-order valence-corrected chi connectivity index (χ3v) is 7.08. The molecule has 0 aliphatic rings. The van der Waals surface area contributed by atoms with Crippen LogP contribution in [-0.2, 0) is 23.2 Å². The predicted octanol–water partition coefficient (Wildman–Crippen LogP) is 3.88. The van der Waals surface area contributed by atoms with Gasteiger partial charge >= 0.3 is 0 Å². The highest BCUT2D eigenvalue weighted by atomic mass is 32.2. The van der Waals surface area contributed by atoms with Gasteiger partial charge in [0.15, 0.2) is 17.3 Å². The lowest BCUT2D eigenvalue weighted by molar-refractivity contribution is 0.0985. The number of aryl methyl sites for hydroxylation is 1. The lowest BCUT2D eigenvalue weighted by Crippen LogP contribution is -2.33. The van der Waals surface area contributed by atoms with Crippen molar-refractivity contribution in [1.29, 1.82) is 0 Å². The first-order valence-corrected chi connectivity index (χ1v) is 13.1. The summed E-state index contributed by atoms with van der Waals surface area (Å²) < 4.78 is 39.2. The van der Waals surface area contributed by atoms with Gasteiger partial charge in [-0.05, 0) is 41.8 Å². The van der Waals surface area contributed by atoms with Gasteiger partial charge in [0.25, 0.3) is 10.2 Å². The maximum absolute atomic E-state index is 14.3. The van der Waals surface area contributed by atoms with E-state index in [0.29, 0.717) is 51.2 Å². The van der Waals surface area contributed by atoms with E-state index in [1.54, 1.807) is 37.3 Å². The van der Waals surface area contributed by atoms with E-state index in [0.717, 1.165) is 4.31 Å². The molecule has 5 N–H and O–H groups in total. The number of rotatable bonds is 9. The maximum atomic E-state index is 14.3. The lowest BCUT2D eigenvalue weighted by atomic mass is 10.00. The van der Waals surface area contributed by atoms with E-state index in [1.807, 2.05) is 6.92 Å². The number of para-hydroxylation sites is 1. The van der Waals surface area contributed by atoms with Gasteiger partial charge in [0.1, 0.15) is 11.5 Å². The number of aromatic nitrogens is 3. The summed E-state index contributed by atoms with van der Waals surface area (Å²) in [6, 6.07) is 11.1. The zero-order chi connectivity index (χ0) is 26.9. The van der Waals surface area contributed by atoms with E-state index in [1.165, 1.54) is 19.2 Å². The monoisotopic (exact) mass is 526 g/mol. The number of H-pyrrole nitrogens is 1. The second kappa shape index (κ2) is 10.1. The highest BCUT2D eigenvalue weighted by molar-refractivity contribution is 7.90. The van der Waals surface area contributed by atoms with Crippen molar-refractivity contribution in [2.45, 2.75) is 33.2 Å². The first-order valence-electron chi connectivity index (χ1n) is 11.6. The number of phenols is 1. The van der Waals surface area contributed by atoms with Crippen LogP contribution >= 0.6 is 0 Å². The van der Waals surface area contributed by atoms with Crippen LogP contribution in [0.3, 0.4) is 0 Å². The second-order valence-corrected chi connectivity index (χ2v) is 10.0. The van der Waals surface area contributed by atoms with Crippen LogP contribution in [0.1, 0.15) is 41.9 Å². The molecular formula is C25H27FN6O4S. The number of hydrogen-bond acceptors (Lipinski definition) is 7. The molecular weight excluding hydrogens is 499 g/mol. The molecule has 2 aromatic carbocycles. The Morgan fingerprint density at radius 2 is 1.92 bits per heavy atom. The Labute approximate surface area is 213 Å². The number of nitrogens with one attached hydrogen (secondary N) is 2. The van der Waals surface area contributed by atoms with Gasteiger partial charge in [-0.3, -0.25) is 14.2 Å².